The van der Waals surface area contributed by atoms with Gasteiger partial charge in [-0.15, -0.1) is 0 Å². The van der Waals surface area contributed by atoms with Gasteiger partial charge in [-0.05, 0) is 28.2 Å². The zero-order valence-electron chi connectivity index (χ0n) is 9.55. The predicted octanol–water partition coefficient (Wildman–Crippen LogP) is 1.82. The van der Waals surface area contributed by atoms with E-state index in [1.54, 1.807) is 22.6 Å². The summed E-state index contributed by atoms with van der Waals surface area (Å²) in [6.07, 6.45) is -0.512. The molecule has 1 heterocycles. The highest BCUT2D eigenvalue weighted by Gasteiger charge is 2.18. The molecule has 2 aromatic rings. The van der Waals surface area contributed by atoms with Crippen molar-refractivity contribution in [3.05, 3.63) is 55.6 Å². The Morgan fingerprint density at radius 2 is 2.06 bits per heavy atom. The Balaban J connectivity index is 2.49. The molecule has 0 spiro atoms. The van der Waals surface area contributed by atoms with Gasteiger partial charge in [-0.3, -0.25) is 4.79 Å². The van der Waals surface area contributed by atoms with Crippen molar-refractivity contribution in [1.29, 1.82) is 0 Å². The first-order valence-electron chi connectivity index (χ1n) is 5.20. The van der Waals surface area contributed by atoms with E-state index in [2.05, 4.69) is 9.97 Å². The van der Waals surface area contributed by atoms with Crippen LogP contribution in [-0.4, -0.2) is 22.2 Å². The number of nitrogens with one attached hydrogen (secondary N) is 1. The molecule has 2 N–H and O–H groups in total. The van der Waals surface area contributed by atoms with E-state index in [-0.39, 0.29) is 20.8 Å². The van der Waals surface area contributed by atoms with Gasteiger partial charge in [0.25, 0.3) is 5.56 Å². The van der Waals surface area contributed by atoms with Gasteiger partial charge in [-0.1, -0.05) is 30.3 Å². The highest BCUT2D eigenvalue weighted by molar-refractivity contribution is 14.1. The second-order valence-corrected chi connectivity index (χ2v) is 4.69. The first-order valence-corrected chi connectivity index (χ1v) is 6.27. The van der Waals surface area contributed by atoms with Gasteiger partial charge in [0.05, 0.1) is 0 Å². The van der Waals surface area contributed by atoms with Crippen molar-refractivity contribution in [1.82, 2.24) is 9.97 Å². The lowest BCUT2D eigenvalue weighted by molar-refractivity contribution is 0.128. The van der Waals surface area contributed by atoms with Crippen LogP contribution in [-0.2, 0) is 4.74 Å². The van der Waals surface area contributed by atoms with Crippen LogP contribution in [0.15, 0.2) is 35.1 Å². The number of aromatic nitrogens is 2. The lowest BCUT2D eigenvalue weighted by atomic mass is 10.1. The van der Waals surface area contributed by atoms with Crippen molar-refractivity contribution in [2.75, 3.05) is 7.11 Å². The molecule has 1 aromatic carbocycles. The third-order valence-electron chi connectivity index (χ3n) is 2.45. The fourth-order valence-electron chi connectivity index (χ4n) is 1.62. The summed E-state index contributed by atoms with van der Waals surface area (Å²) in [6.45, 7) is 0. The monoisotopic (exact) mass is 358 g/mol. The van der Waals surface area contributed by atoms with Crippen molar-refractivity contribution in [3.8, 4) is 5.88 Å². The predicted molar refractivity (Wildman–Crippen MR) is 74.5 cm³/mol. The standard InChI is InChI=1S/C12H11IN2O3/c1-18-9(7-5-3-2-4-6-7)10-14-11(16)8(13)12(17)15-10/h2-6,9H,1H3,(H2,14,15,16,17). The van der Waals surface area contributed by atoms with Crippen molar-refractivity contribution in [2.24, 2.45) is 0 Å². The van der Waals surface area contributed by atoms with Gasteiger partial charge in [-0.2, -0.15) is 4.98 Å². The van der Waals surface area contributed by atoms with Crippen molar-refractivity contribution in [3.63, 3.8) is 0 Å². The Morgan fingerprint density at radius 3 is 2.61 bits per heavy atom. The Morgan fingerprint density at radius 1 is 1.39 bits per heavy atom. The zero-order valence-corrected chi connectivity index (χ0v) is 11.7. The molecule has 2 rings (SSSR count). The van der Waals surface area contributed by atoms with E-state index in [1.807, 2.05) is 30.3 Å². The minimum Gasteiger partial charge on any atom is -0.492 e. The van der Waals surface area contributed by atoms with Gasteiger partial charge in [-0.25, -0.2) is 0 Å². The first-order chi connectivity index (χ1) is 8.63. The SMILES string of the molecule is COC(c1ccccc1)c1nc(O)c(I)c(=O)[nH]1. The Kier molecular flexibility index (Phi) is 3.97. The molecule has 0 saturated carbocycles. The largest absolute Gasteiger partial charge is 0.492 e. The summed E-state index contributed by atoms with van der Waals surface area (Å²) in [6, 6.07) is 9.35. The number of aromatic hydroxyl groups is 1. The lowest BCUT2D eigenvalue weighted by Gasteiger charge is -2.15. The maximum Gasteiger partial charge on any atom is 0.268 e. The molecule has 0 aliphatic heterocycles. The summed E-state index contributed by atoms with van der Waals surface area (Å²) in [4.78, 5) is 18.1. The van der Waals surface area contributed by atoms with Gasteiger partial charge in [0, 0.05) is 7.11 Å². The average molecular weight is 358 g/mol. The molecule has 1 atom stereocenters. The van der Waals surface area contributed by atoms with Gasteiger partial charge in [0.15, 0.2) is 0 Å². The lowest BCUT2D eigenvalue weighted by Crippen LogP contribution is -2.18. The number of rotatable bonds is 3. The van der Waals surface area contributed by atoms with Crippen molar-refractivity contribution < 1.29 is 9.84 Å². The first kappa shape index (κ1) is 13.0. The number of H-pyrrole nitrogens is 1. The number of halogens is 1. The van der Waals surface area contributed by atoms with Crippen LogP contribution < -0.4 is 5.56 Å². The van der Waals surface area contributed by atoms with E-state index in [0.29, 0.717) is 0 Å². The highest BCUT2D eigenvalue weighted by Crippen LogP contribution is 2.23. The Labute approximate surface area is 117 Å². The second-order valence-electron chi connectivity index (χ2n) is 3.62. The van der Waals surface area contributed by atoms with Gasteiger partial charge in [0.1, 0.15) is 15.5 Å². The van der Waals surface area contributed by atoms with Crippen molar-refractivity contribution in [2.45, 2.75) is 6.10 Å². The summed E-state index contributed by atoms with van der Waals surface area (Å²) < 4.78 is 5.49. The van der Waals surface area contributed by atoms with E-state index in [0.717, 1.165) is 5.56 Å². The van der Waals surface area contributed by atoms with E-state index in [4.69, 9.17) is 4.74 Å². The minimum atomic E-state index is -0.512. The average Bonchev–Trinajstić information content (AvgIpc) is 2.38. The van der Waals surface area contributed by atoms with Gasteiger partial charge < -0.3 is 14.8 Å². The molecular weight excluding hydrogens is 347 g/mol. The number of benzene rings is 1. The van der Waals surface area contributed by atoms with Crippen LogP contribution >= 0.6 is 22.6 Å². The number of nitrogens with zero attached hydrogens (tertiary/aromatic N) is 1. The molecule has 0 amide bonds. The molecule has 18 heavy (non-hydrogen) atoms. The number of hydrogen-bond donors (Lipinski definition) is 2. The molecule has 5 nitrogen and oxygen atoms in total. The molecule has 94 valence electrons. The molecule has 0 saturated heterocycles. The topological polar surface area (TPSA) is 75.2 Å². The number of hydrogen-bond acceptors (Lipinski definition) is 4. The maximum atomic E-state index is 11.6. The Hall–Kier alpha value is -1.41. The van der Waals surface area contributed by atoms with Crippen LogP contribution in [0, 0.1) is 3.57 Å². The quantitative estimate of drug-likeness (QED) is 0.821. The molecule has 0 aliphatic rings. The number of methoxy groups -OCH3 is 1. The third kappa shape index (κ3) is 2.54. The van der Waals surface area contributed by atoms with Crippen LogP contribution in [0.2, 0.25) is 0 Å². The normalized spacial score (nSPS) is 12.3. The molecule has 1 unspecified atom stereocenters. The summed E-state index contributed by atoms with van der Waals surface area (Å²) in [5.41, 5.74) is 0.472. The molecule has 0 fully saturated rings. The highest BCUT2D eigenvalue weighted by atomic mass is 127. The molecular formula is C12H11IN2O3. The Bertz CT molecular complexity index is 598. The van der Waals surface area contributed by atoms with E-state index >= 15 is 0 Å². The summed E-state index contributed by atoms with van der Waals surface area (Å²) in [5, 5.41) is 9.58. The number of ether oxygens (including phenoxy) is 1. The third-order valence-corrected chi connectivity index (χ3v) is 3.42. The maximum absolute atomic E-state index is 11.6. The summed E-state index contributed by atoms with van der Waals surface area (Å²) in [5.74, 6) is -0.000975. The van der Waals surface area contributed by atoms with Crippen LogP contribution in [0.1, 0.15) is 17.5 Å². The van der Waals surface area contributed by atoms with E-state index < -0.39 is 6.10 Å². The van der Waals surface area contributed by atoms with Crippen LogP contribution in [0.5, 0.6) is 5.88 Å². The molecule has 0 radical (unpaired) electrons. The fraction of sp³-hybridized carbons (Fsp3) is 0.167. The second kappa shape index (κ2) is 5.49. The molecule has 0 bridgehead atoms. The van der Waals surface area contributed by atoms with Gasteiger partial charge >= 0.3 is 0 Å². The smallest absolute Gasteiger partial charge is 0.268 e. The van der Waals surface area contributed by atoms with Crippen molar-refractivity contribution >= 4 is 22.6 Å². The van der Waals surface area contributed by atoms with Crippen LogP contribution in [0.25, 0.3) is 0 Å². The van der Waals surface area contributed by atoms with E-state index in [1.165, 1.54) is 7.11 Å². The summed E-state index contributed by atoms with van der Waals surface area (Å²) in [7, 11) is 1.52. The zero-order chi connectivity index (χ0) is 13.1. The van der Waals surface area contributed by atoms with Crippen LogP contribution in [0.3, 0.4) is 0 Å². The summed E-state index contributed by atoms with van der Waals surface area (Å²) >= 11 is 1.74. The molecule has 0 aliphatic carbocycles. The number of aromatic amines is 1. The fourth-order valence-corrected chi connectivity index (χ4v) is 1.88. The molecule has 1 aromatic heterocycles. The van der Waals surface area contributed by atoms with Crippen LogP contribution in [0.4, 0.5) is 0 Å². The van der Waals surface area contributed by atoms with E-state index in [9.17, 15) is 9.90 Å². The molecule has 6 heteroatoms. The minimum absolute atomic E-state index is 0.166. The van der Waals surface area contributed by atoms with Gasteiger partial charge in [0.2, 0.25) is 5.88 Å².